The second-order valence-electron chi connectivity index (χ2n) is 6.03. The number of hydrogen-bond acceptors (Lipinski definition) is 5. The lowest BCUT2D eigenvalue weighted by molar-refractivity contribution is 0.348. The number of aromatic nitrogens is 1. The van der Waals surface area contributed by atoms with Crippen LogP contribution < -0.4 is 9.88 Å². The third-order valence-corrected chi connectivity index (χ3v) is 4.99. The Labute approximate surface area is 167 Å². The van der Waals surface area contributed by atoms with Crippen LogP contribution in [0.5, 0.6) is 5.88 Å². The van der Waals surface area contributed by atoms with Gasteiger partial charge in [-0.1, -0.05) is 24.8 Å². The van der Waals surface area contributed by atoms with Crippen molar-refractivity contribution < 1.29 is 17.5 Å². The lowest BCUT2D eigenvalue weighted by Crippen LogP contribution is -2.11. The topological polar surface area (TPSA) is 106 Å². The second-order valence-corrected chi connectivity index (χ2v) is 7.59. The molecule has 0 atom stereocenters. The third kappa shape index (κ3) is 4.48. The summed E-state index contributed by atoms with van der Waals surface area (Å²) >= 11 is 0. The van der Waals surface area contributed by atoms with Gasteiger partial charge in [-0.15, -0.1) is 0 Å². The highest BCUT2D eigenvalue weighted by molar-refractivity contribution is 7.89. The highest BCUT2D eigenvalue weighted by Gasteiger charge is 2.17. The lowest BCUT2D eigenvalue weighted by atomic mass is 9.98. The zero-order chi connectivity index (χ0) is 21.0. The molecule has 0 fully saturated rings. The summed E-state index contributed by atoms with van der Waals surface area (Å²) in [4.78, 5) is 4.43. The van der Waals surface area contributed by atoms with Crippen LogP contribution in [0, 0.1) is 17.1 Å². The fourth-order valence-electron chi connectivity index (χ4n) is 2.70. The quantitative estimate of drug-likeness (QED) is 0.626. The number of ether oxygens (including phenoxy) is 1. The number of nitrogens with two attached hydrogens (primary N) is 1. The number of nitrogens with zero attached hydrogens (tertiary/aromatic N) is 2. The largest absolute Gasteiger partial charge is 0.472 e. The van der Waals surface area contributed by atoms with E-state index in [4.69, 9.17) is 9.88 Å². The number of nitriles is 1. The highest BCUT2D eigenvalue weighted by atomic mass is 32.2. The van der Waals surface area contributed by atoms with Crippen LogP contribution in [-0.4, -0.2) is 20.0 Å². The van der Waals surface area contributed by atoms with Crippen LogP contribution in [0.4, 0.5) is 4.39 Å². The zero-order valence-electron chi connectivity index (χ0n) is 15.2. The van der Waals surface area contributed by atoms with Gasteiger partial charge in [0.15, 0.2) is 0 Å². The van der Waals surface area contributed by atoms with Crippen LogP contribution >= 0.6 is 0 Å². The summed E-state index contributed by atoms with van der Waals surface area (Å²) in [5, 5.41) is 14.6. The third-order valence-electron chi connectivity index (χ3n) is 4.06. The first-order chi connectivity index (χ1) is 13.8. The Morgan fingerprint density at radius 2 is 1.76 bits per heavy atom. The molecule has 0 aliphatic rings. The van der Waals surface area contributed by atoms with Gasteiger partial charge in [-0.3, -0.25) is 0 Å². The predicted molar refractivity (Wildman–Crippen MR) is 107 cm³/mol. The molecular formula is C21H16FN3O3S. The zero-order valence-corrected chi connectivity index (χ0v) is 16.0. The molecule has 8 heteroatoms. The molecule has 0 saturated carbocycles. The van der Waals surface area contributed by atoms with Gasteiger partial charge in [-0.05, 0) is 48.0 Å². The maximum atomic E-state index is 13.4. The molecule has 146 valence electrons. The Bertz CT molecular complexity index is 1200. The summed E-state index contributed by atoms with van der Waals surface area (Å²) < 4.78 is 41.9. The molecule has 0 saturated heterocycles. The lowest BCUT2D eigenvalue weighted by Gasteiger charge is -2.14. The summed E-state index contributed by atoms with van der Waals surface area (Å²) in [6, 6.07) is 15.2. The van der Waals surface area contributed by atoms with Gasteiger partial charge in [0.2, 0.25) is 15.9 Å². The molecule has 6 nitrogen and oxygen atoms in total. The van der Waals surface area contributed by atoms with E-state index in [0.717, 1.165) is 0 Å². The molecule has 3 aromatic rings. The van der Waals surface area contributed by atoms with Gasteiger partial charge in [-0.25, -0.2) is 22.9 Å². The molecule has 0 aliphatic carbocycles. The Morgan fingerprint density at radius 3 is 2.31 bits per heavy atom. The van der Waals surface area contributed by atoms with E-state index in [1.165, 1.54) is 30.3 Å². The van der Waals surface area contributed by atoms with Crippen molar-refractivity contribution in [3.63, 3.8) is 0 Å². The molecule has 0 unspecified atom stereocenters. The summed E-state index contributed by atoms with van der Waals surface area (Å²) in [7, 11) is -3.84. The Kier molecular flexibility index (Phi) is 5.73. The molecule has 2 aromatic carbocycles. The minimum atomic E-state index is -3.84. The van der Waals surface area contributed by atoms with Gasteiger partial charge < -0.3 is 4.74 Å². The monoisotopic (exact) mass is 409 g/mol. The molecule has 2 N–H and O–H groups in total. The molecule has 3 rings (SSSR count). The van der Waals surface area contributed by atoms with Gasteiger partial charge in [0.05, 0.1) is 10.6 Å². The maximum Gasteiger partial charge on any atom is 0.238 e. The Balaban J connectivity index is 2.22. The fraction of sp³-hybridized carbons (Fsp3) is 0.0476. The number of hydrogen-bond donors (Lipinski definition) is 1. The number of sulfonamides is 1. The fourth-order valence-corrected chi connectivity index (χ4v) is 3.21. The van der Waals surface area contributed by atoms with Crippen molar-refractivity contribution in [2.24, 2.45) is 5.14 Å². The Hall–Kier alpha value is -3.54. The number of benzene rings is 2. The molecule has 0 radical (unpaired) electrons. The molecular weight excluding hydrogens is 393 g/mol. The van der Waals surface area contributed by atoms with Crippen LogP contribution in [0.2, 0.25) is 0 Å². The summed E-state index contributed by atoms with van der Waals surface area (Å²) in [6.45, 7) is 3.74. The van der Waals surface area contributed by atoms with Crippen molar-refractivity contribution >= 4 is 10.0 Å². The van der Waals surface area contributed by atoms with E-state index >= 15 is 0 Å². The van der Waals surface area contributed by atoms with Crippen molar-refractivity contribution in [2.75, 3.05) is 6.61 Å². The van der Waals surface area contributed by atoms with Crippen molar-refractivity contribution in [3.05, 3.63) is 78.6 Å². The Morgan fingerprint density at radius 1 is 1.14 bits per heavy atom. The van der Waals surface area contributed by atoms with Gasteiger partial charge in [-0.2, -0.15) is 5.26 Å². The molecule has 1 heterocycles. The van der Waals surface area contributed by atoms with E-state index in [2.05, 4.69) is 11.6 Å². The van der Waals surface area contributed by atoms with E-state index in [0.29, 0.717) is 22.4 Å². The molecule has 0 aliphatic heterocycles. The van der Waals surface area contributed by atoms with Gasteiger partial charge >= 0.3 is 0 Å². The number of pyridine rings is 1. The number of rotatable bonds is 6. The maximum absolute atomic E-state index is 13.4. The molecule has 0 bridgehead atoms. The first-order valence-electron chi connectivity index (χ1n) is 8.41. The van der Waals surface area contributed by atoms with E-state index in [9.17, 15) is 18.1 Å². The highest BCUT2D eigenvalue weighted by Crippen LogP contribution is 2.35. The second kappa shape index (κ2) is 8.22. The SMILES string of the molecule is C=CCOc1nc(-c2ccc(F)cc2)c(-c2ccc(S(N)(=O)=O)cc2)cc1C#N. The van der Waals surface area contributed by atoms with E-state index in [-0.39, 0.29) is 22.9 Å². The van der Waals surface area contributed by atoms with E-state index in [1.54, 1.807) is 30.3 Å². The first kappa shape index (κ1) is 20.2. The minimum absolute atomic E-state index is 0.0380. The average molecular weight is 409 g/mol. The van der Waals surface area contributed by atoms with Crippen LogP contribution in [0.15, 0.2) is 72.1 Å². The van der Waals surface area contributed by atoms with Crippen LogP contribution in [0.25, 0.3) is 22.4 Å². The summed E-state index contributed by atoms with van der Waals surface area (Å²) in [5.74, 6) is -0.277. The minimum Gasteiger partial charge on any atom is -0.472 e. The number of primary sulfonamides is 1. The van der Waals surface area contributed by atoms with E-state index in [1.807, 2.05) is 6.07 Å². The summed E-state index contributed by atoms with van der Waals surface area (Å²) in [5.41, 5.74) is 2.41. The summed E-state index contributed by atoms with van der Waals surface area (Å²) in [6.07, 6.45) is 1.53. The van der Waals surface area contributed by atoms with Crippen molar-refractivity contribution in [1.82, 2.24) is 4.98 Å². The molecule has 1 aromatic heterocycles. The van der Waals surface area contributed by atoms with Crippen LogP contribution in [0.1, 0.15) is 5.56 Å². The van der Waals surface area contributed by atoms with Crippen molar-refractivity contribution in [3.8, 4) is 34.3 Å². The van der Waals surface area contributed by atoms with Crippen LogP contribution in [-0.2, 0) is 10.0 Å². The predicted octanol–water partition coefficient (Wildman–Crippen LogP) is 3.64. The van der Waals surface area contributed by atoms with Gasteiger partial charge in [0.1, 0.15) is 24.1 Å². The standard InChI is InChI=1S/C21H16FN3O3S/c1-2-11-28-21-16(13-23)12-19(14-5-9-18(10-6-14)29(24,26)27)20(25-21)15-3-7-17(22)8-4-15/h2-10,12H,1,11H2,(H2,24,26,27). The normalized spacial score (nSPS) is 10.9. The van der Waals surface area contributed by atoms with Crippen molar-refractivity contribution in [1.29, 1.82) is 5.26 Å². The average Bonchev–Trinajstić information content (AvgIpc) is 2.71. The smallest absolute Gasteiger partial charge is 0.238 e. The number of halogens is 1. The molecule has 0 spiro atoms. The van der Waals surface area contributed by atoms with Gasteiger partial charge in [0, 0.05) is 11.1 Å². The molecule has 0 amide bonds. The van der Waals surface area contributed by atoms with Gasteiger partial charge in [0.25, 0.3) is 0 Å². The van der Waals surface area contributed by atoms with Crippen LogP contribution in [0.3, 0.4) is 0 Å². The molecule has 29 heavy (non-hydrogen) atoms. The van der Waals surface area contributed by atoms with Crippen molar-refractivity contribution in [2.45, 2.75) is 4.90 Å². The first-order valence-corrected chi connectivity index (χ1v) is 9.96. The van der Waals surface area contributed by atoms with E-state index < -0.39 is 15.8 Å².